The quantitative estimate of drug-likeness (QED) is 0.759. The molecule has 1 aliphatic rings. The third-order valence-corrected chi connectivity index (χ3v) is 6.46. The van der Waals surface area contributed by atoms with E-state index in [1.807, 2.05) is 6.92 Å². The summed E-state index contributed by atoms with van der Waals surface area (Å²) < 4.78 is 26.9. The molecule has 4 nitrogen and oxygen atoms in total. The van der Waals surface area contributed by atoms with Crippen LogP contribution in [0.2, 0.25) is 0 Å². The predicted molar refractivity (Wildman–Crippen MR) is 82.6 cm³/mol. The van der Waals surface area contributed by atoms with Crippen LogP contribution >= 0.6 is 0 Å². The van der Waals surface area contributed by atoms with Gasteiger partial charge >= 0.3 is 0 Å². The minimum Gasteiger partial charge on any atom is -0.298 e. The van der Waals surface area contributed by atoms with E-state index < -0.39 is 15.6 Å². The van der Waals surface area contributed by atoms with Gasteiger partial charge in [-0.05, 0) is 39.3 Å². The Morgan fingerprint density at radius 2 is 1.86 bits per heavy atom. The molecule has 1 saturated heterocycles. The van der Waals surface area contributed by atoms with Gasteiger partial charge in [0.25, 0.3) is 0 Å². The second kappa shape index (κ2) is 5.54. The summed E-state index contributed by atoms with van der Waals surface area (Å²) in [4.78, 5) is 12.2. The van der Waals surface area contributed by atoms with Crippen molar-refractivity contribution < 1.29 is 13.2 Å². The van der Waals surface area contributed by atoms with Gasteiger partial charge in [-0.25, -0.2) is 8.42 Å². The van der Waals surface area contributed by atoms with Crippen molar-refractivity contribution >= 4 is 15.8 Å². The van der Waals surface area contributed by atoms with Gasteiger partial charge in [0.15, 0.2) is 5.78 Å². The van der Waals surface area contributed by atoms with Crippen molar-refractivity contribution in [1.29, 1.82) is 0 Å². The van der Waals surface area contributed by atoms with Gasteiger partial charge in [-0.3, -0.25) is 4.79 Å². The number of carbonyl (C=O) groups is 1. The molecule has 0 saturated carbocycles. The van der Waals surface area contributed by atoms with Gasteiger partial charge in [0.2, 0.25) is 10.0 Å². The van der Waals surface area contributed by atoms with E-state index in [2.05, 4.69) is 6.92 Å². The Labute approximate surface area is 127 Å². The molecule has 2 rings (SSSR count). The van der Waals surface area contributed by atoms with E-state index in [4.69, 9.17) is 0 Å². The number of hydrogen-bond donors (Lipinski definition) is 0. The van der Waals surface area contributed by atoms with Crippen LogP contribution in [-0.2, 0) is 14.8 Å². The molecule has 1 aromatic rings. The number of Topliss-reactive ketones (excluding diaryl/α,β-unsaturated/α-hetero) is 1. The smallest absolute Gasteiger partial charge is 0.244 e. The summed E-state index contributed by atoms with van der Waals surface area (Å²) in [6, 6.07) is 6.58. The maximum absolute atomic E-state index is 12.8. The van der Waals surface area contributed by atoms with Crippen LogP contribution in [0.15, 0.2) is 29.2 Å². The first-order valence-electron chi connectivity index (χ1n) is 7.38. The number of nitrogens with zero attached hydrogens (tertiary/aromatic N) is 1. The fourth-order valence-corrected chi connectivity index (χ4v) is 4.91. The molecule has 0 radical (unpaired) electrons. The molecule has 21 heavy (non-hydrogen) atoms. The molecule has 1 heterocycles. The largest absolute Gasteiger partial charge is 0.298 e. The summed E-state index contributed by atoms with van der Waals surface area (Å²) in [7, 11) is -3.60. The van der Waals surface area contributed by atoms with Crippen LogP contribution in [0.5, 0.6) is 0 Å². The maximum Gasteiger partial charge on any atom is 0.244 e. The van der Waals surface area contributed by atoms with Gasteiger partial charge < -0.3 is 0 Å². The van der Waals surface area contributed by atoms with E-state index in [-0.39, 0.29) is 16.7 Å². The predicted octanol–water partition coefficient (Wildman–Crippen LogP) is 2.91. The van der Waals surface area contributed by atoms with Crippen LogP contribution < -0.4 is 0 Å². The Morgan fingerprint density at radius 3 is 2.33 bits per heavy atom. The SMILES string of the molecule is CCCC[C@H]1N(S(=O)(=O)c2ccc(C)cc2)[C@]1(C)C(C)=O. The van der Waals surface area contributed by atoms with Crippen LogP contribution in [0.4, 0.5) is 0 Å². The standard InChI is InChI=1S/C16H23NO3S/c1-5-6-7-15-16(4,13(3)18)17(15)21(19,20)14-10-8-12(2)9-11-14/h8-11,15H,5-7H2,1-4H3/t15-,16-,17?/m1/s1. The number of hydrogen-bond acceptors (Lipinski definition) is 3. The van der Waals surface area contributed by atoms with Crippen LogP contribution in [0.3, 0.4) is 0 Å². The highest BCUT2D eigenvalue weighted by molar-refractivity contribution is 7.89. The molecule has 1 aromatic carbocycles. The van der Waals surface area contributed by atoms with Gasteiger partial charge in [0.05, 0.1) is 10.9 Å². The van der Waals surface area contributed by atoms with Crippen molar-refractivity contribution in [2.24, 2.45) is 0 Å². The van der Waals surface area contributed by atoms with Crippen LogP contribution in [0.1, 0.15) is 45.6 Å². The lowest BCUT2D eigenvalue weighted by molar-refractivity contribution is -0.119. The summed E-state index contributed by atoms with van der Waals surface area (Å²) in [6.07, 6.45) is 2.65. The van der Waals surface area contributed by atoms with Crippen LogP contribution in [0, 0.1) is 6.92 Å². The zero-order chi connectivity index (χ0) is 15.8. The summed E-state index contributed by atoms with van der Waals surface area (Å²) in [5.41, 5.74) is 0.135. The van der Waals surface area contributed by atoms with Crippen LogP contribution in [-0.4, -0.2) is 30.1 Å². The third kappa shape index (κ3) is 2.64. The minimum atomic E-state index is -3.60. The summed E-state index contributed by atoms with van der Waals surface area (Å²) >= 11 is 0. The fourth-order valence-electron chi connectivity index (χ4n) is 2.85. The van der Waals surface area contributed by atoms with E-state index >= 15 is 0 Å². The van der Waals surface area contributed by atoms with E-state index in [9.17, 15) is 13.2 Å². The number of sulfonamides is 1. The lowest BCUT2D eigenvalue weighted by Gasteiger charge is -2.10. The van der Waals surface area contributed by atoms with Gasteiger partial charge in [-0.1, -0.05) is 37.5 Å². The molecule has 0 aromatic heterocycles. The molecule has 0 bridgehead atoms. The molecule has 1 fully saturated rings. The minimum absolute atomic E-state index is 0.0840. The average molecular weight is 309 g/mol. The monoisotopic (exact) mass is 309 g/mol. The summed E-state index contributed by atoms with van der Waals surface area (Å²) in [6.45, 7) is 7.19. The Bertz CT molecular complexity index is 636. The first-order valence-corrected chi connectivity index (χ1v) is 8.82. The topological polar surface area (TPSA) is 54.2 Å². The molecule has 1 aliphatic heterocycles. The number of unbranched alkanes of at least 4 members (excludes halogenated alkanes) is 1. The zero-order valence-electron chi connectivity index (χ0n) is 13.1. The number of rotatable bonds is 6. The summed E-state index contributed by atoms with van der Waals surface area (Å²) in [5.74, 6) is -0.0840. The molecule has 0 spiro atoms. The second-order valence-electron chi connectivity index (χ2n) is 5.98. The molecule has 0 amide bonds. The van der Waals surface area contributed by atoms with E-state index in [1.54, 1.807) is 31.2 Å². The van der Waals surface area contributed by atoms with Gasteiger partial charge in [-0.15, -0.1) is 0 Å². The highest BCUT2D eigenvalue weighted by atomic mass is 32.2. The fraction of sp³-hybridized carbons (Fsp3) is 0.562. The second-order valence-corrected chi connectivity index (χ2v) is 7.79. The number of aryl methyl sites for hydroxylation is 1. The van der Waals surface area contributed by atoms with Gasteiger partial charge in [0, 0.05) is 0 Å². The first kappa shape index (κ1) is 16.2. The Hall–Kier alpha value is -1.20. The molecule has 116 valence electrons. The molecule has 0 N–H and O–H groups in total. The zero-order valence-corrected chi connectivity index (χ0v) is 13.9. The molecular weight excluding hydrogens is 286 g/mol. The van der Waals surface area contributed by atoms with Gasteiger partial charge in [-0.2, -0.15) is 4.31 Å². The Kier molecular flexibility index (Phi) is 4.26. The number of benzene rings is 1. The van der Waals surface area contributed by atoms with Crippen molar-refractivity contribution in [3.05, 3.63) is 29.8 Å². The maximum atomic E-state index is 12.8. The lowest BCUT2D eigenvalue weighted by Crippen LogP contribution is -2.27. The normalized spacial score (nSPS) is 28.4. The van der Waals surface area contributed by atoms with Crippen molar-refractivity contribution in [1.82, 2.24) is 4.31 Å². The highest BCUT2D eigenvalue weighted by Gasteiger charge is 2.67. The van der Waals surface area contributed by atoms with Crippen molar-refractivity contribution in [2.45, 2.75) is 63.4 Å². The van der Waals surface area contributed by atoms with E-state index in [0.717, 1.165) is 24.8 Å². The Morgan fingerprint density at radius 1 is 1.29 bits per heavy atom. The average Bonchev–Trinajstić information content (AvgIpc) is 3.04. The van der Waals surface area contributed by atoms with E-state index in [0.29, 0.717) is 0 Å². The molecule has 5 heteroatoms. The third-order valence-electron chi connectivity index (χ3n) is 4.44. The van der Waals surface area contributed by atoms with Crippen molar-refractivity contribution in [2.75, 3.05) is 0 Å². The highest BCUT2D eigenvalue weighted by Crippen LogP contribution is 2.48. The van der Waals surface area contributed by atoms with E-state index in [1.165, 1.54) is 11.2 Å². The number of ketones is 1. The molecule has 1 unspecified atom stereocenters. The first-order chi connectivity index (χ1) is 9.76. The lowest BCUT2D eigenvalue weighted by atomic mass is 10.00. The Balaban J connectivity index is 2.34. The van der Waals surface area contributed by atoms with Gasteiger partial charge in [0.1, 0.15) is 5.54 Å². The molecule has 3 atom stereocenters. The molecular formula is C16H23NO3S. The summed E-state index contributed by atoms with van der Waals surface area (Å²) in [5, 5.41) is 0. The number of carbonyl (C=O) groups excluding carboxylic acids is 1. The molecule has 0 aliphatic carbocycles. The van der Waals surface area contributed by atoms with Crippen LogP contribution in [0.25, 0.3) is 0 Å². The van der Waals surface area contributed by atoms with Crippen molar-refractivity contribution in [3.63, 3.8) is 0 Å². The van der Waals surface area contributed by atoms with Crippen molar-refractivity contribution in [3.8, 4) is 0 Å².